The van der Waals surface area contributed by atoms with E-state index in [-0.39, 0.29) is 61.9 Å². The molecule has 4 aromatic carbocycles. The van der Waals surface area contributed by atoms with Gasteiger partial charge >= 0.3 is 11.9 Å². The Morgan fingerprint density at radius 2 is 1.05 bits per heavy atom. The van der Waals surface area contributed by atoms with Gasteiger partial charge in [0.2, 0.25) is 20.0 Å². The van der Waals surface area contributed by atoms with E-state index in [0.717, 1.165) is 17.7 Å². The Labute approximate surface area is 371 Å². The minimum absolute atomic E-state index is 0.127. The van der Waals surface area contributed by atoms with Crippen molar-refractivity contribution in [3.05, 3.63) is 139 Å². The van der Waals surface area contributed by atoms with E-state index < -0.39 is 35.6 Å². The van der Waals surface area contributed by atoms with E-state index in [0.29, 0.717) is 56.9 Å². The predicted octanol–water partition coefficient (Wildman–Crippen LogP) is 6.93. The minimum Gasteiger partial charge on any atom is -0.469 e. The van der Waals surface area contributed by atoms with Gasteiger partial charge in [-0.15, -0.1) is 6.42 Å². The number of nitro groups is 2. The van der Waals surface area contributed by atoms with Crippen LogP contribution in [-0.2, 0) is 39.1 Å². The summed E-state index contributed by atoms with van der Waals surface area (Å²) >= 11 is 5.69. The molecule has 2 saturated carbocycles. The summed E-state index contributed by atoms with van der Waals surface area (Å²) in [6, 6.07) is 24.9. The molecule has 0 atom stereocenters. The molecule has 19 heteroatoms. The first kappa shape index (κ1) is 49.5. The van der Waals surface area contributed by atoms with Crippen LogP contribution in [0, 0.1) is 56.2 Å². The molecular weight excluding hydrogens is 876 g/mol. The predicted molar refractivity (Wildman–Crippen MR) is 234 cm³/mol. The summed E-state index contributed by atoms with van der Waals surface area (Å²) in [5, 5.41) is 22.3. The Morgan fingerprint density at radius 1 is 0.635 bits per heavy atom. The second-order valence-corrected chi connectivity index (χ2v) is 18.2. The number of rotatable bonds is 10. The molecule has 2 aliphatic carbocycles. The lowest BCUT2D eigenvalue weighted by molar-refractivity contribution is -0.385. The highest BCUT2D eigenvalue weighted by molar-refractivity contribution is 7.89. The van der Waals surface area contributed by atoms with Crippen LogP contribution in [-0.4, -0.2) is 64.9 Å². The fraction of sp³-hybridized carbons (Fsp3) is 0.318. The summed E-state index contributed by atoms with van der Waals surface area (Å²) in [4.78, 5) is 43.7. The first-order valence-electron chi connectivity index (χ1n) is 19.5. The molecule has 332 valence electrons. The zero-order valence-corrected chi connectivity index (χ0v) is 36.7. The molecular formula is C44H45ClN4O12S2. The number of benzene rings is 4. The molecule has 16 nitrogen and oxygen atoms in total. The molecule has 0 heterocycles. The maximum atomic E-state index is 12.8. The lowest BCUT2D eigenvalue weighted by Crippen LogP contribution is -2.38. The third-order valence-electron chi connectivity index (χ3n) is 10.1. The van der Waals surface area contributed by atoms with Gasteiger partial charge in [-0.25, -0.2) is 26.3 Å². The summed E-state index contributed by atoms with van der Waals surface area (Å²) in [5.74, 6) is 7.09. The van der Waals surface area contributed by atoms with E-state index >= 15 is 0 Å². The van der Waals surface area contributed by atoms with Crippen LogP contribution in [0.2, 0.25) is 5.02 Å². The molecule has 0 aliphatic heterocycles. The number of hydrogen-bond donors (Lipinski definition) is 2. The Hall–Kier alpha value is -6.15. The first-order chi connectivity index (χ1) is 30.0. The number of sulfonamides is 2. The van der Waals surface area contributed by atoms with Gasteiger partial charge in [-0.1, -0.05) is 65.8 Å². The standard InChI is InChI=1S/C22H22N2O6S.C14H17ClN2O6S.C8H6/c1-30-22(25)18-9-12-19(13-10-18)23-31(28,29)20-14-11-17(21(15-20)24(26)27)8-7-16-5-3-2-4-6-16;1-23-14(18)9-2-4-10(5-3-9)16-24(21,22)11-6-7-12(15)13(8-11)17(19)20;1-2-8-6-4-3-5-7-8/h2-6,11,14-15,18-19,23H,9-10,12-13H2,1H3;6-10,16H,2-5H2,1H3;1,3-7H. The second kappa shape index (κ2) is 23.3. The number of carbonyl (C=O) groups is 2. The van der Waals surface area contributed by atoms with Crippen molar-refractivity contribution < 1.29 is 45.7 Å². The van der Waals surface area contributed by atoms with Gasteiger partial charge < -0.3 is 9.47 Å². The molecule has 6 rings (SSSR count). The van der Waals surface area contributed by atoms with Crippen LogP contribution < -0.4 is 9.44 Å². The summed E-state index contributed by atoms with van der Waals surface area (Å²) in [6.07, 6.45) is 9.17. The van der Waals surface area contributed by atoms with Crippen LogP contribution in [0.4, 0.5) is 11.4 Å². The van der Waals surface area contributed by atoms with Crippen LogP contribution in [0.1, 0.15) is 68.1 Å². The van der Waals surface area contributed by atoms with Crippen LogP contribution in [0.25, 0.3) is 0 Å². The Bertz CT molecular complexity index is 2580. The van der Waals surface area contributed by atoms with E-state index in [9.17, 15) is 46.7 Å². The average molecular weight is 921 g/mol. The van der Waals surface area contributed by atoms with Gasteiger partial charge in [0.1, 0.15) is 10.6 Å². The summed E-state index contributed by atoms with van der Waals surface area (Å²) in [6.45, 7) is 0. The summed E-state index contributed by atoms with van der Waals surface area (Å²) in [5.41, 5.74) is 0.922. The number of nitro benzene ring substituents is 2. The zero-order valence-electron chi connectivity index (χ0n) is 34.3. The van der Waals surface area contributed by atoms with Crippen molar-refractivity contribution in [1.29, 1.82) is 0 Å². The number of nitrogens with one attached hydrogen (secondary N) is 2. The summed E-state index contributed by atoms with van der Waals surface area (Å²) < 4.78 is 64.9. The maximum Gasteiger partial charge on any atom is 0.308 e. The van der Waals surface area contributed by atoms with Gasteiger partial charge in [-0.05, 0) is 99.9 Å². The lowest BCUT2D eigenvalue weighted by Gasteiger charge is -2.27. The van der Waals surface area contributed by atoms with Crippen molar-refractivity contribution in [2.75, 3.05) is 14.2 Å². The molecule has 0 amide bonds. The highest BCUT2D eigenvalue weighted by Gasteiger charge is 2.32. The van der Waals surface area contributed by atoms with Gasteiger partial charge in [0.05, 0.1) is 45.7 Å². The Balaban J connectivity index is 0.000000240. The van der Waals surface area contributed by atoms with E-state index in [1.165, 1.54) is 38.5 Å². The van der Waals surface area contributed by atoms with E-state index in [1.54, 1.807) is 24.3 Å². The van der Waals surface area contributed by atoms with Crippen molar-refractivity contribution in [1.82, 2.24) is 9.44 Å². The number of methoxy groups -OCH3 is 2. The lowest BCUT2D eigenvalue weighted by atomic mass is 9.86. The quantitative estimate of drug-likeness (QED) is 0.0714. The topological polar surface area (TPSA) is 231 Å². The molecule has 2 N–H and O–H groups in total. The largest absolute Gasteiger partial charge is 0.469 e. The number of carbonyl (C=O) groups excluding carboxylic acids is 2. The highest BCUT2D eigenvalue weighted by Crippen LogP contribution is 2.30. The smallest absolute Gasteiger partial charge is 0.308 e. The molecule has 0 radical (unpaired) electrons. The zero-order chi connectivity index (χ0) is 46.2. The number of ether oxygens (including phenoxy) is 2. The highest BCUT2D eigenvalue weighted by atomic mass is 35.5. The van der Waals surface area contributed by atoms with E-state index in [1.807, 2.05) is 36.4 Å². The first-order valence-corrected chi connectivity index (χ1v) is 22.8. The molecule has 0 bridgehead atoms. The van der Waals surface area contributed by atoms with Crippen molar-refractivity contribution in [2.24, 2.45) is 11.8 Å². The van der Waals surface area contributed by atoms with Crippen molar-refractivity contribution in [2.45, 2.75) is 73.2 Å². The van der Waals surface area contributed by atoms with Gasteiger partial charge in [-0.3, -0.25) is 29.8 Å². The molecule has 63 heavy (non-hydrogen) atoms. The Morgan fingerprint density at radius 3 is 1.44 bits per heavy atom. The number of terminal acetylenes is 1. The molecule has 0 unspecified atom stereocenters. The molecule has 0 spiro atoms. The number of nitrogens with zero attached hydrogens (tertiary/aromatic N) is 2. The minimum atomic E-state index is -3.96. The SMILES string of the molecule is C#Cc1ccccc1.COC(=O)C1CCC(NS(=O)(=O)c2ccc(C#Cc3ccccc3)c([N+](=O)[O-])c2)CC1.COC(=O)C1CCC(NS(=O)(=O)c2ccc(Cl)c([N+](=O)[O-])c2)CC1. The summed E-state index contributed by atoms with van der Waals surface area (Å²) in [7, 11) is -5.21. The second-order valence-electron chi connectivity index (χ2n) is 14.3. The third-order valence-corrected chi connectivity index (χ3v) is 13.5. The third kappa shape index (κ3) is 14.7. The monoisotopic (exact) mass is 920 g/mol. The number of halogens is 1. The van der Waals surface area contributed by atoms with Crippen molar-refractivity contribution >= 4 is 55.0 Å². The maximum absolute atomic E-state index is 12.8. The van der Waals surface area contributed by atoms with Crippen LogP contribution >= 0.6 is 11.6 Å². The molecule has 0 saturated heterocycles. The number of esters is 2. The van der Waals surface area contributed by atoms with E-state index in [2.05, 4.69) is 31.9 Å². The molecule has 2 aliphatic rings. The van der Waals surface area contributed by atoms with Crippen LogP contribution in [0.3, 0.4) is 0 Å². The fourth-order valence-electron chi connectivity index (χ4n) is 6.73. The number of hydrogen-bond acceptors (Lipinski definition) is 12. The fourth-order valence-corrected chi connectivity index (χ4v) is 9.57. The van der Waals surface area contributed by atoms with Crippen molar-refractivity contribution in [3.63, 3.8) is 0 Å². The molecule has 0 aromatic heterocycles. The molecule has 4 aromatic rings. The average Bonchev–Trinajstić information content (AvgIpc) is 3.29. The van der Waals surface area contributed by atoms with E-state index in [4.69, 9.17) is 22.8 Å². The van der Waals surface area contributed by atoms with Gasteiger partial charge in [-0.2, -0.15) is 0 Å². The van der Waals surface area contributed by atoms with Crippen LogP contribution in [0.5, 0.6) is 0 Å². The van der Waals surface area contributed by atoms with Crippen LogP contribution in [0.15, 0.2) is 107 Å². The van der Waals surface area contributed by atoms with Gasteiger partial charge in [0.25, 0.3) is 11.4 Å². The normalized spacial score (nSPS) is 18.2. The van der Waals surface area contributed by atoms with Gasteiger partial charge in [0.15, 0.2) is 0 Å². The van der Waals surface area contributed by atoms with Gasteiger partial charge in [0, 0.05) is 35.3 Å². The Kier molecular flexibility index (Phi) is 18.3. The molecule has 2 fully saturated rings. The van der Waals surface area contributed by atoms with Crippen molar-refractivity contribution in [3.8, 4) is 24.2 Å².